The third-order valence-corrected chi connectivity index (χ3v) is 5.48. The van der Waals surface area contributed by atoms with E-state index >= 15 is 0 Å². The molecule has 0 bridgehead atoms. The fourth-order valence-corrected chi connectivity index (χ4v) is 3.47. The molecule has 0 aliphatic rings. The molecule has 0 amide bonds. The van der Waals surface area contributed by atoms with Crippen molar-refractivity contribution in [2.75, 3.05) is 13.7 Å². The van der Waals surface area contributed by atoms with E-state index in [0.717, 1.165) is 0 Å². The minimum absolute atomic E-state index is 0.103. The van der Waals surface area contributed by atoms with Gasteiger partial charge in [0.1, 0.15) is 11.6 Å². The number of hydrogen-bond acceptors (Lipinski definition) is 9. The van der Waals surface area contributed by atoms with E-state index in [-0.39, 0.29) is 36.3 Å². The molecule has 0 spiro atoms. The third-order valence-electron chi connectivity index (χ3n) is 4.15. The van der Waals surface area contributed by atoms with Gasteiger partial charge in [0.15, 0.2) is 11.6 Å². The van der Waals surface area contributed by atoms with E-state index in [0.29, 0.717) is 17.1 Å². The van der Waals surface area contributed by atoms with E-state index in [2.05, 4.69) is 19.8 Å². The SMILES string of the molecule is COc1ccc(-c2nc(COC(=O)CCNS(=O)(=O)c3cn(C)c(C)n3)no2)cc1. The smallest absolute Gasteiger partial charge is 0.307 e. The number of rotatable bonds is 9. The van der Waals surface area contributed by atoms with Gasteiger partial charge in [-0.2, -0.15) is 4.98 Å². The average Bonchev–Trinajstić information content (AvgIpc) is 3.33. The van der Waals surface area contributed by atoms with E-state index in [4.69, 9.17) is 14.0 Å². The Bertz CT molecular complexity index is 1100. The van der Waals surface area contributed by atoms with Crippen LogP contribution in [0.3, 0.4) is 0 Å². The summed E-state index contributed by atoms with van der Waals surface area (Å²) in [5, 5.41) is 3.66. The van der Waals surface area contributed by atoms with Crippen LogP contribution in [0.5, 0.6) is 5.75 Å². The van der Waals surface area contributed by atoms with Crippen LogP contribution >= 0.6 is 0 Å². The number of aryl methyl sites for hydroxylation is 2. The Morgan fingerprint density at radius 3 is 2.60 bits per heavy atom. The fourth-order valence-electron chi connectivity index (χ4n) is 2.40. The molecule has 0 unspecified atom stereocenters. The second-order valence-electron chi connectivity index (χ2n) is 6.29. The minimum Gasteiger partial charge on any atom is -0.497 e. The quantitative estimate of drug-likeness (QED) is 0.491. The number of benzene rings is 1. The zero-order chi connectivity index (χ0) is 21.7. The summed E-state index contributed by atoms with van der Waals surface area (Å²) in [4.78, 5) is 20.0. The van der Waals surface area contributed by atoms with Gasteiger partial charge < -0.3 is 18.6 Å². The molecule has 0 atom stereocenters. The molecule has 0 saturated carbocycles. The number of carbonyl (C=O) groups excluding carboxylic acids is 1. The van der Waals surface area contributed by atoms with Gasteiger partial charge in [-0.1, -0.05) is 5.16 Å². The Morgan fingerprint density at radius 1 is 1.23 bits per heavy atom. The first kappa shape index (κ1) is 21.5. The fraction of sp³-hybridized carbons (Fsp3) is 0.333. The van der Waals surface area contributed by atoms with Crippen LogP contribution in [0.25, 0.3) is 11.5 Å². The van der Waals surface area contributed by atoms with E-state index in [1.54, 1.807) is 49.9 Å². The molecule has 2 aromatic heterocycles. The molecule has 2 heterocycles. The molecule has 12 heteroatoms. The summed E-state index contributed by atoms with van der Waals surface area (Å²) in [6.07, 6.45) is 1.24. The Morgan fingerprint density at radius 2 is 1.97 bits per heavy atom. The molecular weight excluding hydrogens is 414 g/mol. The maximum atomic E-state index is 12.2. The predicted molar refractivity (Wildman–Crippen MR) is 104 cm³/mol. The molecule has 0 aliphatic heterocycles. The minimum atomic E-state index is -3.80. The highest BCUT2D eigenvalue weighted by Gasteiger charge is 2.19. The standard InChI is InChI=1S/C18H21N5O6S/c1-12-20-16(10-23(12)2)30(25,26)19-9-8-17(24)28-11-15-21-18(29-22-15)13-4-6-14(27-3)7-5-13/h4-7,10,19H,8-9,11H2,1-3H3. The molecule has 0 radical (unpaired) electrons. The van der Waals surface area contributed by atoms with E-state index in [1.165, 1.54) is 6.20 Å². The van der Waals surface area contributed by atoms with Crippen LogP contribution in [0.2, 0.25) is 0 Å². The van der Waals surface area contributed by atoms with Crippen molar-refractivity contribution in [3.05, 3.63) is 42.1 Å². The zero-order valence-electron chi connectivity index (χ0n) is 16.7. The average molecular weight is 435 g/mol. The van der Waals surface area contributed by atoms with Crippen molar-refractivity contribution in [3.63, 3.8) is 0 Å². The van der Waals surface area contributed by atoms with Gasteiger partial charge in [0.05, 0.1) is 13.5 Å². The number of ether oxygens (including phenoxy) is 2. The number of methoxy groups -OCH3 is 1. The van der Waals surface area contributed by atoms with Gasteiger partial charge in [-0.3, -0.25) is 4.79 Å². The summed E-state index contributed by atoms with van der Waals surface area (Å²) in [7, 11) is -0.536. The van der Waals surface area contributed by atoms with E-state index in [9.17, 15) is 13.2 Å². The van der Waals surface area contributed by atoms with Gasteiger partial charge in [-0.25, -0.2) is 18.1 Å². The molecule has 30 heavy (non-hydrogen) atoms. The first-order chi connectivity index (χ1) is 14.3. The van der Waals surface area contributed by atoms with Gasteiger partial charge in [-0.15, -0.1) is 0 Å². The van der Waals surface area contributed by atoms with Crippen LogP contribution in [0.1, 0.15) is 18.1 Å². The van der Waals surface area contributed by atoms with Crippen molar-refractivity contribution in [1.82, 2.24) is 24.4 Å². The molecule has 11 nitrogen and oxygen atoms in total. The molecular formula is C18H21N5O6S. The molecule has 0 fully saturated rings. The van der Waals surface area contributed by atoms with Gasteiger partial charge in [0.2, 0.25) is 5.82 Å². The number of nitrogens with zero attached hydrogens (tertiary/aromatic N) is 4. The third kappa shape index (κ3) is 5.21. The normalized spacial score (nSPS) is 11.4. The molecule has 160 valence electrons. The number of nitrogens with one attached hydrogen (secondary N) is 1. The number of aromatic nitrogens is 4. The Balaban J connectivity index is 1.46. The summed E-state index contributed by atoms with van der Waals surface area (Å²) in [6.45, 7) is 1.37. The van der Waals surface area contributed by atoms with Gasteiger partial charge in [0.25, 0.3) is 15.9 Å². The molecule has 0 aliphatic carbocycles. The topological polar surface area (TPSA) is 138 Å². The number of esters is 1. The summed E-state index contributed by atoms with van der Waals surface area (Å²) < 4.78 is 43.5. The lowest BCUT2D eigenvalue weighted by Crippen LogP contribution is -2.27. The lowest BCUT2D eigenvalue weighted by molar-refractivity contribution is -0.145. The van der Waals surface area contributed by atoms with Crippen LogP contribution in [0.15, 0.2) is 40.0 Å². The van der Waals surface area contributed by atoms with Crippen LogP contribution in [-0.2, 0) is 33.2 Å². The van der Waals surface area contributed by atoms with E-state index in [1.807, 2.05) is 0 Å². The zero-order valence-corrected chi connectivity index (χ0v) is 17.5. The lowest BCUT2D eigenvalue weighted by Gasteiger charge is -2.04. The molecule has 3 rings (SSSR count). The molecule has 3 aromatic rings. The Kier molecular flexibility index (Phi) is 6.47. The van der Waals surface area contributed by atoms with Crippen LogP contribution in [-0.4, -0.2) is 47.7 Å². The molecule has 1 aromatic carbocycles. The van der Waals surface area contributed by atoms with Gasteiger partial charge in [-0.05, 0) is 31.2 Å². The first-order valence-electron chi connectivity index (χ1n) is 8.91. The number of sulfonamides is 1. The van der Waals surface area contributed by atoms with Gasteiger partial charge in [0, 0.05) is 25.4 Å². The summed E-state index contributed by atoms with van der Waals surface area (Å²) in [5.74, 6) is 1.12. The second kappa shape index (κ2) is 9.05. The second-order valence-corrected chi connectivity index (χ2v) is 8.00. The van der Waals surface area contributed by atoms with Crippen molar-refractivity contribution in [2.45, 2.75) is 25.0 Å². The number of imidazole rings is 1. The summed E-state index contributed by atoms with van der Waals surface area (Å²) >= 11 is 0. The largest absolute Gasteiger partial charge is 0.497 e. The highest BCUT2D eigenvalue weighted by Crippen LogP contribution is 2.20. The maximum Gasteiger partial charge on any atom is 0.307 e. The van der Waals surface area contributed by atoms with Crippen LogP contribution in [0.4, 0.5) is 0 Å². The maximum absolute atomic E-state index is 12.2. The van der Waals surface area contributed by atoms with Crippen LogP contribution < -0.4 is 9.46 Å². The summed E-state index contributed by atoms with van der Waals surface area (Å²) in [6, 6.07) is 7.04. The highest BCUT2D eigenvalue weighted by molar-refractivity contribution is 7.89. The first-order valence-corrected chi connectivity index (χ1v) is 10.4. The number of carbonyl (C=O) groups is 1. The monoisotopic (exact) mass is 435 g/mol. The summed E-state index contributed by atoms with van der Waals surface area (Å²) in [5.41, 5.74) is 0.694. The molecule has 0 saturated heterocycles. The van der Waals surface area contributed by atoms with Crippen molar-refractivity contribution in [2.24, 2.45) is 7.05 Å². The Labute approximate surface area is 173 Å². The number of hydrogen-bond donors (Lipinski definition) is 1. The Hall–Kier alpha value is -3.25. The highest BCUT2D eigenvalue weighted by atomic mass is 32.2. The predicted octanol–water partition coefficient (Wildman–Crippen LogP) is 1.20. The van der Waals surface area contributed by atoms with Crippen molar-refractivity contribution >= 4 is 16.0 Å². The van der Waals surface area contributed by atoms with Crippen LogP contribution in [0, 0.1) is 6.92 Å². The van der Waals surface area contributed by atoms with E-state index < -0.39 is 16.0 Å². The van der Waals surface area contributed by atoms with Crippen molar-refractivity contribution in [3.8, 4) is 17.2 Å². The van der Waals surface area contributed by atoms with Gasteiger partial charge >= 0.3 is 5.97 Å². The van der Waals surface area contributed by atoms with Crippen molar-refractivity contribution in [1.29, 1.82) is 0 Å². The molecule has 1 N–H and O–H groups in total. The lowest BCUT2D eigenvalue weighted by atomic mass is 10.2. The van der Waals surface area contributed by atoms with Crippen molar-refractivity contribution < 1.29 is 27.2 Å².